The lowest BCUT2D eigenvalue weighted by atomic mass is 9.90. The van der Waals surface area contributed by atoms with Crippen LogP contribution in [0.3, 0.4) is 0 Å². The summed E-state index contributed by atoms with van der Waals surface area (Å²) in [5.41, 5.74) is 6.99. The zero-order valence-corrected chi connectivity index (χ0v) is 10.7. The first-order valence-electron chi connectivity index (χ1n) is 5.67. The predicted molar refractivity (Wildman–Crippen MR) is 68.0 cm³/mol. The summed E-state index contributed by atoms with van der Waals surface area (Å²) in [7, 11) is 0. The van der Waals surface area contributed by atoms with Gasteiger partial charge in [0.25, 0.3) is 0 Å². The van der Waals surface area contributed by atoms with Crippen molar-refractivity contribution >= 4 is 16.3 Å². The van der Waals surface area contributed by atoms with Gasteiger partial charge in [0.2, 0.25) is 0 Å². The van der Waals surface area contributed by atoms with Gasteiger partial charge in [-0.1, -0.05) is 18.3 Å². The van der Waals surface area contributed by atoms with Gasteiger partial charge in [0.15, 0.2) is 0 Å². The Morgan fingerprint density at radius 1 is 1.71 bits per heavy atom. The van der Waals surface area contributed by atoms with E-state index in [1.165, 1.54) is 11.3 Å². The van der Waals surface area contributed by atoms with Crippen molar-refractivity contribution in [2.75, 3.05) is 19.6 Å². The van der Waals surface area contributed by atoms with Crippen LogP contribution in [0, 0.1) is 15.5 Å². The van der Waals surface area contributed by atoms with Crippen molar-refractivity contribution in [2.24, 2.45) is 11.1 Å². The van der Waals surface area contributed by atoms with Crippen molar-refractivity contribution in [2.45, 2.75) is 19.9 Å². The van der Waals surface area contributed by atoms with Crippen LogP contribution in [0.25, 0.3) is 0 Å². The summed E-state index contributed by atoms with van der Waals surface area (Å²) >= 11 is 1.20. The number of nitrogens with zero attached hydrogens (tertiary/aromatic N) is 2. The minimum absolute atomic E-state index is 0.210. The molecule has 1 aromatic rings. The smallest absolute Gasteiger partial charge is 0.324 e. The minimum Gasteiger partial charge on any atom is -0.330 e. The summed E-state index contributed by atoms with van der Waals surface area (Å²) in [6.07, 6.45) is 1.11. The molecule has 2 rings (SSSR count). The zero-order chi connectivity index (χ0) is 12.5. The standard InChI is InChI=1S/C11H17N3O2S/c1-11(7-12)2-3-13(8-11)5-9-4-10(14(15)16)17-6-9/h4,6H,2-3,5,7-8,12H2,1H3. The molecule has 1 aromatic heterocycles. The molecule has 94 valence electrons. The van der Waals surface area contributed by atoms with Crippen LogP contribution < -0.4 is 5.73 Å². The van der Waals surface area contributed by atoms with E-state index in [2.05, 4.69) is 11.8 Å². The molecule has 1 unspecified atom stereocenters. The SMILES string of the molecule is CC1(CN)CCN(Cc2csc([N+](=O)[O-])c2)C1. The van der Waals surface area contributed by atoms with Gasteiger partial charge >= 0.3 is 5.00 Å². The molecule has 1 aliphatic rings. The summed E-state index contributed by atoms with van der Waals surface area (Å²) < 4.78 is 0. The van der Waals surface area contributed by atoms with Crippen LogP contribution in [0.15, 0.2) is 11.4 Å². The third-order valence-electron chi connectivity index (χ3n) is 3.36. The molecule has 0 amide bonds. The van der Waals surface area contributed by atoms with Crippen molar-refractivity contribution in [1.82, 2.24) is 4.90 Å². The highest BCUT2D eigenvalue weighted by molar-refractivity contribution is 7.13. The molecule has 1 aliphatic heterocycles. The molecular weight excluding hydrogens is 238 g/mol. The molecule has 0 aliphatic carbocycles. The maximum absolute atomic E-state index is 10.6. The molecule has 0 bridgehead atoms. The highest BCUT2D eigenvalue weighted by Crippen LogP contribution is 2.31. The minimum atomic E-state index is -0.331. The maximum atomic E-state index is 10.6. The van der Waals surface area contributed by atoms with E-state index in [-0.39, 0.29) is 15.3 Å². The van der Waals surface area contributed by atoms with Gasteiger partial charge in [-0.2, -0.15) is 0 Å². The maximum Gasteiger partial charge on any atom is 0.324 e. The van der Waals surface area contributed by atoms with E-state index in [1.807, 2.05) is 5.38 Å². The number of nitro groups is 1. The topological polar surface area (TPSA) is 72.4 Å². The van der Waals surface area contributed by atoms with Crippen LogP contribution in [0.1, 0.15) is 18.9 Å². The molecule has 0 radical (unpaired) electrons. The Morgan fingerprint density at radius 2 is 2.47 bits per heavy atom. The quantitative estimate of drug-likeness (QED) is 0.658. The second-order valence-corrected chi connectivity index (χ2v) is 5.92. The fourth-order valence-corrected chi connectivity index (χ4v) is 2.95. The lowest BCUT2D eigenvalue weighted by Crippen LogP contribution is -2.31. The van der Waals surface area contributed by atoms with Crippen LogP contribution in [-0.2, 0) is 6.54 Å². The number of hydrogen-bond donors (Lipinski definition) is 1. The number of nitrogens with two attached hydrogens (primary N) is 1. The van der Waals surface area contributed by atoms with Gasteiger partial charge in [-0.25, -0.2) is 0 Å². The lowest BCUT2D eigenvalue weighted by molar-refractivity contribution is -0.380. The second kappa shape index (κ2) is 4.72. The van der Waals surface area contributed by atoms with Gasteiger partial charge in [-0.15, -0.1) is 0 Å². The molecule has 5 nitrogen and oxygen atoms in total. The Hall–Kier alpha value is -0.980. The first-order valence-corrected chi connectivity index (χ1v) is 6.55. The Kier molecular flexibility index (Phi) is 3.46. The highest BCUT2D eigenvalue weighted by atomic mass is 32.1. The molecule has 2 heterocycles. The second-order valence-electron chi connectivity index (χ2n) is 5.03. The molecule has 1 saturated heterocycles. The fourth-order valence-electron chi connectivity index (χ4n) is 2.23. The van der Waals surface area contributed by atoms with Gasteiger partial charge in [0.1, 0.15) is 0 Å². The van der Waals surface area contributed by atoms with Crippen LogP contribution >= 0.6 is 11.3 Å². The van der Waals surface area contributed by atoms with E-state index < -0.39 is 0 Å². The third-order valence-corrected chi connectivity index (χ3v) is 4.28. The van der Waals surface area contributed by atoms with E-state index in [1.54, 1.807) is 6.07 Å². The first kappa shape index (κ1) is 12.5. The van der Waals surface area contributed by atoms with E-state index in [0.29, 0.717) is 6.54 Å². The summed E-state index contributed by atoms with van der Waals surface area (Å²) in [6.45, 7) is 5.70. The first-order chi connectivity index (χ1) is 8.02. The molecule has 1 atom stereocenters. The Labute approximate surface area is 104 Å². The average Bonchev–Trinajstić information content (AvgIpc) is 2.87. The van der Waals surface area contributed by atoms with Gasteiger partial charge in [-0.05, 0) is 30.5 Å². The summed E-state index contributed by atoms with van der Waals surface area (Å²) in [5, 5.41) is 12.7. The molecule has 0 aromatic carbocycles. The number of thiophene rings is 1. The van der Waals surface area contributed by atoms with E-state index in [4.69, 9.17) is 5.73 Å². The molecular formula is C11H17N3O2S. The van der Waals surface area contributed by atoms with Gasteiger partial charge in [0.05, 0.1) is 4.92 Å². The summed E-state index contributed by atoms with van der Waals surface area (Å²) in [4.78, 5) is 12.6. The molecule has 17 heavy (non-hydrogen) atoms. The predicted octanol–water partition coefficient (Wildman–Crippen LogP) is 1.83. The molecule has 0 spiro atoms. The Balaban J connectivity index is 1.96. The van der Waals surface area contributed by atoms with Crippen LogP contribution in [0.4, 0.5) is 5.00 Å². The normalized spacial score (nSPS) is 25.3. The molecule has 6 heteroatoms. The zero-order valence-electron chi connectivity index (χ0n) is 9.89. The number of likely N-dealkylation sites (tertiary alicyclic amines) is 1. The Morgan fingerprint density at radius 3 is 3.00 bits per heavy atom. The molecule has 2 N–H and O–H groups in total. The van der Waals surface area contributed by atoms with Gasteiger partial charge in [-0.3, -0.25) is 15.0 Å². The number of rotatable bonds is 4. The van der Waals surface area contributed by atoms with Crippen molar-refractivity contribution in [3.63, 3.8) is 0 Å². The summed E-state index contributed by atoms with van der Waals surface area (Å²) in [5.74, 6) is 0. The van der Waals surface area contributed by atoms with Gasteiger partial charge in [0, 0.05) is 24.5 Å². The van der Waals surface area contributed by atoms with Crippen molar-refractivity contribution < 1.29 is 4.92 Å². The van der Waals surface area contributed by atoms with Crippen molar-refractivity contribution in [1.29, 1.82) is 0 Å². The van der Waals surface area contributed by atoms with Crippen LogP contribution in [-0.4, -0.2) is 29.5 Å². The summed E-state index contributed by atoms with van der Waals surface area (Å²) in [6, 6.07) is 1.67. The van der Waals surface area contributed by atoms with E-state index in [0.717, 1.165) is 31.6 Å². The van der Waals surface area contributed by atoms with Gasteiger partial charge < -0.3 is 5.73 Å². The van der Waals surface area contributed by atoms with E-state index in [9.17, 15) is 10.1 Å². The average molecular weight is 255 g/mol. The fraction of sp³-hybridized carbons (Fsp3) is 0.636. The van der Waals surface area contributed by atoms with E-state index >= 15 is 0 Å². The Bertz CT molecular complexity index is 421. The molecule has 0 saturated carbocycles. The van der Waals surface area contributed by atoms with Crippen LogP contribution in [0.5, 0.6) is 0 Å². The van der Waals surface area contributed by atoms with Crippen molar-refractivity contribution in [3.8, 4) is 0 Å². The van der Waals surface area contributed by atoms with Crippen LogP contribution in [0.2, 0.25) is 0 Å². The van der Waals surface area contributed by atoms with Crippen molar-refractivity contribution in [3.05, 3.63) is 27.1 Å². The highest BCUT2D eigenvalue weighted by Gasteiger charge is 2.32. The monoisotopic (exact) mass is 255 g/mol. The lowest BCUT2D eigenvalue weighted by Gasteiger charge is -2.22. The molecule has 1 fully saturated rings. The number of hydrogen-bond acceptors (Lipinski definition) is 5. The third kappa shape index (κ3) is 2.83. The largest absolute Gasteiger partial charge is 0.330 e.